The average Bonchev–Trinajstić information content (AvgIpc) is 2.73. The van der Waals surface area contributed by atoms with Crippen LogP contribution in [0.2, 0.25) is 0 Å². The van der Waals surface area contributed by atoms with Crippen LogP contribution in [0.15, 0.2) is 76.5 Å². The standard InChI is InChI=1S/C27H32O4S/c1-26(2,3)22-18-25(23(27(4,5)6)17-24(22)30-7)31-19-13-15-21(16-14-19)32(28,29)20-11-9-8-10-12-20/h8-18H,1-7H3. The van der Waals surface area contributed by atoms with Crippen LogP contribution in [0.4, 0.5) is 0 Å². The van der Waals surface area contributed by atoms with Crippen molar-refractivity contribution in [2.45, 2.75) is 62.2 Å². The summed E-state index contributed by atoms with van der Waals surface area (Å²) in [6, 6.07) is 19.1. The van der Waals surface area contributed by atoms with E-state index in [-0.39, 0.29) is 20.6 Å². The number of ether oxygens (including phenoxy) is 2. The second-order valence-electron chi connectivity index (χ2n) is 9.94. The summed E-state index contributed by atoms with van der Waals surface area (Å²) in [6.07, 6.45) is 0. The summed E-state index contributed by atoms with van der Waals surface area (Å²) in [7, 11) is -1.88. The van der Waals surface area contributed by atoms with E-state index >= 15 is 0 Å². The molecule has 32 heavy (non-hydrogen) atoms. The van der Waals surface area contributed by atoms with Crippen molar-refractivity contribution in [1.82, 2.24) is 0 Å². The van der Waals surface area contributed by atoms with Crippen LogP contribution < -0.4 is 9.47 Å². The van der Waals surface area contributed by atoms with Crippen molar-refractivity contribution < 1.29 is 17.9 Å². The van der Waals surface area contributed by atoms with Gasteiger partial charge in [0.05, 0.1) is 16.9 Å². The van der Waals surface area contributed by atoms with Gasteiger partial charge in [0.25, 0.3) is 0 Å². The first-order valence-electron chi connectivity index (χ1n) is 10.6. The second-order valence-corrected chi connectivity index (χ2v) is 11.9. The van der Waals surface area contributed by atoms with E-state index in [0.29, 0.717) is 5.75 Å². The highest BCUT2D eigenvalue weighted by molar-refractivity contribution is 7.91. The fraction of sp³-hybridized carbons (Fsp3) is 0.333. The fourth-order valence-electron chi connectivity index (χ4n) is 3.54. The summed E-state index contributed by atoms with van der Waals surface area (Å²) >= 11 is 0. The molecule has 0 bridgehead atoms. The zero-order chi connectivity index (χ0) is 23.7. The molecule has 0 spiro atoms. The van der Waals surface area contributed by atoms with Gasteiger partial charge in [0.15, 0.2) is 0 Å². The van der Waals surface area contributed by atoms with Gasteiger partial charge in [-0.15, -0.1) is 0 Å². The molecule has 0 amide bonds. The van der Waals surface area contributed by atoms with Crippen molar-refractivity contribution in [2.24, 2.45) is 0 Å². The van der Waals surface area contributed by atoms with Gasteiger partial charge in [-0.05, 0) is 59.4 Å². The van der Waals surface area contributed by atoms with Crippen LogP contribution >= 0.6 is 0 Å². The topological polar surface area (TPSA) is 52.6 Å². The Labute approximate surface area is 192 Å². The van der Waals surface area contributed by atoms with Crippen molar-refractivity contribution in [3.8, 4) is 17.2 Å². The van der Waals surface area contributed by atoms with Crippen molar-refractivity contribution in [3.05, 3.63) is 77.9 Å². The Balaban J connectivity index is 2.01. The summed E-state index contributed by atoms with van der Waals surface area (Å²) in [5.41, 5.74) is 1.76. The number of hydrogen-bond acceptors (Lipinski definition) is 4. The molecule has 0 unspecified atom stereocenters. The molecule has 170 valence electrons. The molecule has 0 saturated heterocycles. The van der Waals surface area contributed by atoms with Crippen LogP contribution in [-0.2, 0) is 20.7 Å². The molecule has 0 radical (unpaired) electrons. The Morgan fingerprint density at radius 3 is 1.62 bits per heavy atom. The van der Waals surface area contributed by atoms with Crippen molar-refractivity contribution in [1.29, 1.82) is 0 Å². The van der Waals surface area contributed by atoms with Crippen molar-refractivity contribution >= 4 is 9.84 Å². The Kier molecular flexibility index (Phi) is 6.43. The van der Waals surface area contributed by atoms with E-state index in [1.54, 1.807) is 61.7 Å². The van der Waals surface area contributed by atoms with Gasteiger partial charge in [0.2, 0.25) is 9.84 Å². The Hall–Kier alpha value is -2.79. The minimum absolute atomic E-state index is 0.131. The van der Waals surface area contributed by atoms with Crippen LogP contribution in [0.25, 0.3) is 0 Å². The van der Waals surface area contributed by atoms with Crippen molar-refractivity contribution in [3.63, 3.8) is 0 Å². The van der Waals surface area contributed by atoms with Gasteiger partial charge in [-0.3, -0.25) is 0 Å². The molecule has 3 aromatic carbocycles. The minimum atomic E-state index is -3.57. The summed E-state index contributed by atoms with van der Waals surface area (Å²) in [5.74, 6) is 2.15. The van der Waals surface area contributed by atoms with E-state index < -0.39 is 9.84 Å². The maximum absolute atomic E-state index is 12.9. The van der Waals surface area contributed by atoms with Gasteiger partial charge < -0.3 is 9.47 Å². The molecule has 0 aliphatic carbocycles. The monoisotopic (exact) mass is 452 g/mol. The van der Waals surface area contributed by atoms with Crippen LogP contribution in [0.1, 0.15) is 52.7 Å². The molecule has 5 heteroatoms. The van der Waals surface area contributed by atoms with E-state index in [1.807, 2.05) is 12.1 Å². The minimum Gasteiger partial charge on any atom is -0.496 e. The lowest BCUT2D eigenvalue weighted by Crippen LogP contribution is -2.17. The second kappa shape index (κ2) is 8.62. The first-order valence-corrected chi connectivity index (χ1v) is 12.1. The molecular weight excluding hydrogens is 420 g/mol. The molecular formula is C27H32O4S. The quantitative estimate of drug-likeness (QED) is 0.422. The predicted molar refractivity (Wildman–Crippen MR) is 129 cm³/mol. The molecule has 0 aromatic heterocycles. The third-order valence-electron chi connectivity index (χ3n) is 5.33. The molecule has 3 rings (SSSR count). The van der Waals surface area contributed by atoms with Gasteiger partial charge in [0, 0.05) is 11.1 Å². The van der Waals surface area contributed by atoms with Crippen LogP contribution in [0.3, 0.4) is 0 Å². The molecule has 0 heterocycles. The highest BCUT2D eigenvalue weighted by Crippen LogP contribution is 2.42. The van der Waals surface area contributed by atoms with Crippen LogP contribution in [-0.4, -0.2) is 15.5 Å². The summed E-state index contributed by atoms with van der Waals surface area (Å²) in [6.45, 7) is 12.8. The average molecular weight is 453 g/mol. The van der Waals surface area contributed by atoms with Gasteiger partial charge in [0.1, 0.15) is 17.2 Å². The van der Waals surface area contributed by atoms with Gasteiger partial charge in [-0.25, -0.2) is 8.42 Å². The zero-order valence-electron chi connectivity index (χ0n) is 19.9. The first-order chi connectivity index (χ1) is 14.8. The first kappa shape index (κ1) is 23.9. The van der Waals surface area contributed by atoms with Gasteiger partial charge >= 0.3 is 0 Å². The van der Waals surface area contributed by atoms with Crippen LogP contribution in [0.5, 0.6) is 17.2 Å². The maximum Gasteiger partial charge on any atom is 0.206 e. The summed E-state index contributed by atoms with van der Waals surface area (Å²) < 4.78 is 37.7. The Morgan fingerprint density at radius 1 is 0.656 bits per heavy atom. The predicted octanol–water partition coefficient (Wildman–Crippen LogP) is 6.92. The maximum atomic E-state index is 12.9. The van der Waals surface area contributed by atoms with E-state index in [4.69, 9.17) is 9.47 Å². The Morgan fingerprint density at radius 2 is 1.12 bits per heavy atom. The van der Waals surface area contributed by atoms with Crippen LogP contribution in [0, 0.1) is 0 Å². The molecule has 0 atom stereocenters. The fourth-order valence-corrected chi connectivity index (χ4v) is 4.82. The van der Waals surface area contributed by atoms with E-state index in [9.17, 15) is 8.42 Å². The van der Waals surface area contributed by atoms with E-state index in [2.05, 4.69) is 41.5 Å². The molecule has 0 aliphatic heterocycles. The molecule has 0 aliphatic rings. The molecule has 0 fully saturated rings. The third kappa shape index (κ3) is 4.99. The number of benzene rings is 3. The number of rotatable bonds is 5. The highest BCUT2D eigenvalue weighted by atomic mass is 32.2. The zero-order valence-corrected chi connectivity index (χ0v) is 20.7. The lowest BCUT2D eigenvalue weighted by molar-refractivity contribution is 0.389. The highest BCUT2D eigenvalue weighted by Gasteiger charge is 2.27. The molecule has 0 N–H and O–H groups in total. The smallest absolute Gasteiger partial charge is 0.206 e. The molecule has 3 aromatic rings. The SMILES string of the molecule is COc1cc(C(C)(C)C)c(Oc2ccc(S(=O)(=O)c3ccccc3)cc2)cc1C(C)(C)C. The normalized spacial score (nSPS) is 12.5. The van der Waals surface area contributed by atoms with Gasteiger partial charge in [-0.2, -0.15) is 0 Å². The van der Waals surface area contributed by atoms with Crippen molar-refractivity contribution in [2.75, 3.05) is 7.11 Å². The number of sulfone groups is 1. The molecule has 4 nitrogen and oxygen atoms in total. The summed E-state index contributed by atoms with van der Waals surface area (Å²) in [5, 5.41) is 0. The lowest BCUT2D eigenvalue weighted by Gasteiger charge is -2.28. The lowest BCUT2D eigenvalue weighted by atomic mass is 9.81. The summed E-state index contributed by atoms with van der Waals surface area (Å²) in [4.78, 5) is 0.505. The largest absolute Gasteiger partial charge is 0.496 e. The van der Waals surface area contributed by atoms with E-state index in [0.717, 1.165) is 22.6 Å². The molecule has 0 saturated carbocycles. The number of methoxy groups -OCH3 is 1. The Bertz CT molecular complexity index is 1180. The van der Waals surface area contributed by atoms with E-state index in [1.165, 1.54) is 0 Å². The third-order valence-corrected chi connectivity index (χ3v) is 7.12. The number of hydrogen-bond donors (Lipinski definition) is 0. The van der Waals surface area contributed by atoms with Gasteiger partial charge in [-0.1, -0.05) is 59.7 Å².